The summed E-state index contributed by atoms with van der Waals surface area (Å²) >= 11 is 0. The zero-order valence-corrected chi connectivity index (χ0v) is 18.6. The lowest BCUT2D eigenvalue weighted by atomic mass is 9.69. The predicted molar refractivity (Wildman–Crippen MR) is 120 cm³/mol. The SMILES string of the molecule is CCOc1cc2c(cc1OCC)[C@]1(CC[C@H](C(=O)OCc3ccccc3)CC1)NCC2. The van der Waals surface area contributed by atoms with E-state index >= 15 is 0 Å². The van der Waals surface area contributed by atoms with Crippen molar-refractivity contribution in [2.24, 2.45) is 5.92 Å². The highest BCUT2D eigenvalue weighted by atomic mass is 16.5. The zero-order chi connectivity index (χ0) is 21.7. The van der Waals surface area contributed by atoms with E-state index in [1.807, 2.05) is 44.2 Å². The van der Waals surface area contributed by atoms with Gasteiger partial charge in [-0.25, -0.2) is 0 Å². The highest BCUT2D eigenvalue weighted by Gasteiger charge is 2.42. The van der Waals surface area contributed by atoms with E-state index in [0.29, 0.717) is 19.8 Å². The predicted octanol–water partition coefficient (Wildman–Crippen LogP) is 4.76. The Labute approximate surface area is 185 Å². The molecular weight excluding hydrogens is 390 g/mol. The lowest BCUT2D eigenvalue weighted by Crippen LogP contribution is -2.50. The third-order valence-corrected chi connectivity index (χ3v) is 6.54. The van der Waals surface area contributed by atoms with Crippen LogP contribution in [-0.2, 0) is 28.1 Å². The molecular formula is C26H33NO4. The normalized spacial score (nSPS) is 22.6. The largest absolute Gasteiger partial charge is 0.490 e. The van der Waals surface area contributed by atoms with Gasteiger partial charge in [0, 0.05) is 12.1 Å². The van der Waals surface area contributed by atoms with E-state index in [-0.39, 0.29) is 17.4 Å². The molecule has 1 spiro atoms. The molecule has 0 atom stereocenters. The first-order valence-corrected chi connectivity index (χ1v) is 11.5. The maximum absolute atomic E-state index is 12.7. The number of rotatable bonds is 7. The third kappa shape index (κ3) is 4.72. The fourth-order valence-corrected chi connectivity index (χ4v) is 4.96. The van der Waals surface area contributed by atoms with E-state index in [9.17, 15) is 4.79 Å². The van der Waals surface area contributed by atoms with Crippen molar-refractivity contribution in [3.8, 4) is 11.5 Å². The van der Waals surface area contributed by atoms with E-state index in [2.05, 4.69) is 17.4 Å². The van der Waals surface area contributed by atoms with Crippen molar-refractivity contribution in [1.82, 2.24) is 5.32 Å². The summed E-state index contributed by atoms with van der Waals surface area (Å²) in [6.45, 7) is 6.51. The molecule has 4 rings (SSSR count). The maximum atomic E-state index is 12.7. The van der Waals surface area contributed by atoms with Crippen molar-refractivity contribution in [1.29, 1.82) is 0 Å². The molecule has 2 aromatic rings. The molecule has 0 saturated heterocycles. The van der Waals surface area contributed by atoms with Crippen molar-refractivity contribution in [2.75, 3.05) is 19.8 Å². The fraction of sp³-hybridized carbons (Fsp3) is 0.500. The number of hydrogen-bond acceptors (Lipinski definition) is 5. The Morgan fingerprint density at radius 2 is 1.71 bits per heavy atom. The van der Waals surface area contributed by atoms with Crippen LogP contribution >= 0.6 is 0 Å². The molecule has 0 aromatic heterocycles. The minimum atomic E-state index is -0.0968. The minimum absolute atomic E-state index is 0.0319. The smallest absolute Gasteiger partial charge is 0.309 e. The number of nitrogens with one attached hydrogen (secondary N) is 1. The number of hydrogen-bond donors (Lipinski definition) is 1. The Kier molecular flexibility index (Phi) is 6.81. The molecule has 1 saturated carbocycles. The molecule has 2 aliphatic rings. The van der Waals surface area contributed by atoms with E-state index in [1.165, 1.54) is 11.1 Å². The standard InChI is InChI=1S/C26H33NO4/c1-3-29-23-16-21-12-15-27-26(22(21)17-24(23)30-4-2)13-10-20(11-14-26)25(28)31-18-19-8-6-5-7-9-19/h5-9,16-17,20,27H,3-4,10-15,18H2,1-2H3/t20-,26+. The van der Waals surface area contributed by atoms with Gasteiger partial charge in [0.25, 0.3) is 0 Å². The Hall–Kier alpha value is -2.53. The van der Waals surface area contributed by atoms with E-state index < -0.39 is 0 Å². The monoisotopic (exact) mass is 423 g/mol. The number of esters is 1. The van der Waals surface area contributed by atoms with Gasteiger partial charge in [-0.1, -0.05) is 30.3 Å². The van der Waals surface area contributed by atoms with Crippen LogP contribution in [-0.4, -0.2) is 25.7 Å². The third-order valence-electron chi connectivity index (χ3n) is 6.54. The molecule has 1 aliphatic carbocycles. The summed E-state index contributed by atoms with van der Waals surface area (Å²) in [6, 6.07) is 14.2. The second kappa shape index (κ2) is 9.73. The van der Waals surface area contributed by atoms with E-state index in [1.54, 1.807) is 0 Å². The van der Waals surface area contributed by atoms with Gasteiger partial charge in [0.2, 0.25) is 0 Å². The summed E-state index contributed by atoms with van der Waals surface area (Å²) in [6.07, 6.45) is 4.48. The molecule has 1 heterocycles. The molecule has 1 aliphatic heterocycles. The number of fused-ring (bicyclic) bond motifs is 2. The van der Waals surface area contributed by atoms with Gasteiger partial charge >= 0.3 is 5.97 Å². The fourth-order valence-electron chi connectivity index (χ4n) is 4.96. The first kappa shape index (κ1) is 21.7. The quantitative estimate of drug-likeness (QED) is 0.651. The first-order valence-electron chi connectivity index (χ1n) is 11.5. The van der Waals surface area contributed by atoms with Crippen LogP contribution in [0.25, 0.3) is 0 Å². The number of carbonyl (C=O) groups is 1. The Bertz CT molecular complexity index is 888. The van der Waals surface area contributed by atoms with E-state index in [4.69, 9.17) is 14.2 Å². The first-order chi connectivity index (χ1) is 15.1. The van der Waals surface area contributed by atoms with Gasteiger partial charge in [-0.2, -0.15) is 0 Å². The van der Waals surface area contributed by atoms with Crippen LogP contribution in [0, 0.1) is 5.92 Å². The molecule has 0 radical (unpaired) electrons. The van der Waals surface area contributed by atoms with Gasteiger partial charge in [-0.15, -0.1) is 0 Å². The highest BCUT2D eigenvalue weighted by molar-refractivity contribution is 5.72. The summed E-state index contributed by atoms with van der Waals surface area (Å²) in [5.74, 6) is 1.54. The summed E-state index contributed by atoms with van der Waals surface area (Å²) < 4.78 is 17.3. The second-order valence-electron chi connectivity index (χ2n) is 8.45. The van der Waals surface area contributed by atoms with Crippen LogP contribution in [0.3, 0.4) is 0 Å². The second-order valence-corrected chi connectivity index (χ2v) is 8.45. The molecule has 166 valence electrons. The molecule has 31 heavy (non-hydrogen) atoms. The molecule has 0 unspecified atom stereocenters. The Morgan fingerprint density at radius 1 is 1.03 bits per heavy atom. The Balaban J connectivity index is 1.46. The van der Waals surface area contributed by atoms with Crippen LogP contribution in [0.1, 0.15) is 56.2 Å². The van der Waals surface area contributed by atoms with Crippen molar-refractivity contribution >= 4 is 5.97 Å². The van der Waals surface area contributed by atoms with Crippen molar-refractivity contribution in [3.63, 3.8) is 0 Å². The van der Waals surface area contributed by atoms with Gasteiger partial charge < -0.3 is 19.5 Å². The van der Waals surface area contributed by atoms with Crippen LogP contribution in [0.15, 0.2) is 42.5 Å². The maximum Gasteiger partial charge on any atom is 0.309 e. The molecule has 0 amide bonds. The van der Waals surface area contributed by atoms with Crippen molar-refractivity contribution < 1.29 is 19.0 Å². The van der Waals surface area contributed by atoms with Crippen LogP contribution in [0.2, 0.25) is 0 Å². The van der Waals surface area contributed by atoms with Gasteiger partial charge in [0.05, 0.1) is 19.1 Å². The summed E-state index contributed by atoms with van der Waals surface area (Å²) in [5, 5.41) is 3.78. The molecule has 1 fully saturated rings. The Morgan fingerprint density at radius 3 is 2.39 bits per heavy atom. The number of ether oxygens (including phenoxy) is 3. The zero-order valence-electron chi connectivity index (χ0n) is 18.6. The van der Waals surface area contributed by atoms with Gasteiger partial charge in [-0.3, -0.25) is 4.79 Å². The number of carbonyl (C=O) groups excluding carboxylic acids is 1. The van der Waals surface area contributed by atoms with Crippen LogP contribution in [0.4, 0.5) is 0 Å². The van der Waals surface area contributed by atoms with Gasteiger partial charge in [0.15, 0.2) is 11.5 Å². The van der Waals surface area contributed by atoms with E-state index in [0.717, 1.165) is 55.7 Å². The average molecular weight is 424 g/mol. The topological polar surface area (TPSA) is 56.8 Å². The molecule has 5 heteroatoms. The van der Waals surface area contributed by atoms with Crippen molar-refractivity contribution in [3.05, 3.63) is 59.2 Å². The minimum Gasteiger partial charge on any atom is -0.490 e. The van der Waals surface area contributed by atoms with Crippen LogP contribution in [0.5, 0.6) is 11.5 Å². The molecule has 5 nitrogen and oxygen atoms in total. The molecule has 2 aromatic carbocycles. The summed E-state index contributed by atoms with van der Waals surface area (Å²) in [7, 11) is 0. The number of benzene rings is 2. The highest BCUT2D eigenvalue weighted by Crippen LogP contribution is 2.46. The van der Waals surface area contributed by atoms with Gasteiger partial charge in [-0.05, 0) is 74.8 Å². The lowest BCUT2D eigenvalue weighted by Gasteiger charge is -2.45. The molecule has 0 bridgehead atoms. The van der Waals surface area contributed by atoms with Gasteiger partial charge in [0.1, 0.15) is 6.61 Å². The van der Waals surface area contributed by atoms with Crippen molar-refractivity contribution in [2.45, 2.75) is 58.1 Å². The average Bonchev–Trinajstić information content (AvgIpc) is 2.80. The lowest BCUT2D eigenvalue weighted by molar-refractivity contribution is -0.151. The van der Waals surface area contributed by atoms with Crippen LogP contribution < -0.4 is 14.8 Å². The summed E-state index contributed by atoms with van der Waals surface area (Å²) in [4.78, 5) is 12.7. The molecule has 1 N–H and O–H groups in total. The summed E-state index contributed by atoms with van der Waals surface area (Å²) in [5.41, 5.74) is 3.57.